The highest BCUT2D eigenvalue weighted by atomic mass is 35.5. The van der Waals surface area contributed by atoms with Gasteiger partial charge in [0.1, 0.15) is 0 Å². The van der Waals surface area contributed by atoms with Crippen LogP contribution in [0.4, 0.5) is 5.69 Å². The van der Waals surface area contributed by atoms with Crippen molar-refractivity contribution in [2.45, 2.75) is 37.2 Å². The molecule has 0 fully saturated rings. The number of carbonyl (C=O) groups is 2. The van der Waals surface area contributed by atoms with E-state index in [1.807, 2.05) is 19.1 Å². The molecule has 2 aromatic carbocycles. The summed E-state index contributed by atoms with van der Waals surface area (Å²) in [5.74, 6) is -1.18. The van der Waals surface area contributed by atoms with Gasteiger partial charge in [-0.05, 0) is 60.9 Å². The van der Waals surface area contributed by atoms with Gasteiger partial charge in [-0.3, -0.25) is 14.6 Å². The van der Waals surface area contributed by atoms with Crippen LogP contribution in [0.2, 0.25) is 5.02 Å². The minimum atomic E-state index is -3.82. The number of halogens is 1. The summed E-state index contributed by atoms with van der Waals surface area (Å²) in [6.45, 7) is 1.99. The molecule has 0 unspecified atom stereocenters. The number of fused-ring (bicyclic) bond motifs is 1. The number of benzene rings is 2. The average molecular weight is 498 g/mol. The molecule has 2 N–H and O–H groups in total. The number of Topliss-reactive ketones (excluding diaryl/α,β-unsaturated/α-hetero) is 1. The van der Waals surface area contributed by atoms with Crippen LogP contribution in [0.5, 0.6) is 0 Å². The number of ketones is 1. The lowest BCUT2D eigenvalue weighted by atomic mass is 10.0. The van der Waals surface area contributed by atoms with Gasteiger partial charge in [-0.25, -0.2) is 8.42 Å². The number of nitrogens with two attached hydrogens (primary N) is 1. The number of hydrogen-bond acceptors (Lipinski definition) is 6. The maximum Gasteiger partial charge on any atom is 0.245 e. The molecule has 1 aromatic heterocycles. The van der Waals surface area contributed by atoms with Crippen molar-refractivity contribution in [3.8, 4) is 0 Å². The fourth-order valence-corrected chi connectivity index (χ4v) is 5.55. The van der Waals surface area contributed by atoms with Gasteiger partial charge in [0.25, 0.3) is 0 Å². The SMILES string of the molecule is Cc1ccc(CCC(=O)c2ccc3c(c2)N(Cc2ccc(Cl)cc2)C(=O)[C@@H](N)CS3(=O)=O)cn1. The molecule has 1 aliphatic heterocycles. The quantitative estimate of drug-likeness (QED) is 0.522. The maximum absolute atomic E-state index is 13.1. The van der Waals surface area contributed by atoms with Crippen LogP contribution in [0.25, 0.3) is 0 Å². The van der Waals surface area contributed by atoms with E-state index in [0.717, 1.165) is 16.8 Å². The molecule has 0 spiro atoms. The number of amides is 1. The minimum Gasteiger partial charge on any atom is -0.319 e. The summed E-state index contributed by atoms with van der Waals surface area (Å²) in [5, 5.41) is 0.544. The van der Waals surface area contributed by atoms with Crippen molar-refractivity contribution in [2.24, 2.45) is 5.73 Å². The Hall–Kier alpha value is -3.07. The third kappa shape index (κ3) is 5.19. The highest BCUT2D eigenvalue weighted by molar-refractivity contribution is 7.91. The molecule has 2 heterocycles. The Bertz CT molecular complexity index is 1340. The molecule has 4 rings (SSSR count). The predicted molar refractivity (Wildman–Crippen MR) is 131 cm³/mol. The molecule has 3 aromatic rings. The smallest absolute Gasteiger partial charge is 0.245 e. The molecule has 176 valence electrons. The first-order valence-corrected chi connectivity index (χ1v) is 12.8. The zero-order valence-electron chi connectivity index (χ0n) is 18.6. The Kier molecular flexibility index (Phi) is 6.84. The summed E-state index contributed by atoms with van der Waals surface area (Å²) in [5.41, 5.74) is 9.03. The lowest BCUT2D eigenvalue weighted by Gasteiger charge is -2.24. The minimum absolute atomic E-state index is 0.0120. The second-order valence-corrected chi connectivity index (χ2v) is 10.8. The fraction of sp³-hybridized carbons (Fsp3) is 0.240. The second-order valence-electron chi connectivity index (χ2n) is 8.35. The number of sulfone groups is 1. The van der Waals surface area contributed by atoms with Gasteiger partial charge in [-0.15, -0.1) is 0 Å². The molecule has 7 nitrogen and oxygen atoms in total. The highest BCUT2D eigenvalue weighted by Gasteiger charge is 2.36. The summed E-state index contributed by atoms with van der Waals surface area (Å²) in [6.07, 6.45) is 2.46. The van der Waals surface area contributed by atoms with E-state index in [4.69, 9.17) is 17.3 Å². The van der Waals surface area contributed by atoms with Crippen molar-refractivity contribution < 1.29 is 18.0 Å². The Morgan fingerprint density at radius 1 is 1.12 bits per heavy atom. The van der Waals surface area contributed by atoms with E-state index >= 15 is 0 Å². The van der Waals surface area contributed by atoms with Gasteiger partial charge in [0.15, 0.2) is 15.6 Å². The predicted octanol–water partition coefficient (Wildman–Crippen LogP) is 3.51. The monoisotopic (exact) mass is 497 g/mol. The van der Waals surface area contributed by atoms with E-state index in [0.29, 0.717) is 17.0 Å². The summed E-state index contributed by atoms with van der Waals surface area (Å²) in [6, 6.07) is 13.9. The molecular weight excluding hydrogens is 474 g/mol. The Morgan fingerprint density at radius 3 is 2.50 bits per heavy atom. The zero-order valence-corrected chi connectivity index (χ0v) is 20.1. The number of pyridine rings is 1. The number of aromatic nitrogens is 1. The molecule has 0 aliphatic carbocycles. The lowest BCUT2D eigenvalue weighted by molar-refractivity contribution is -0.119. The number of hydrogen-bond donors (Lipinski definition) is 1. The van der Waals surface area contributed by atoms with Gasteiger partial charge in [0, 0.05) is 28.9 Å². The average Bonchev–Trinajstić information content (AvgIpc) is 2.88. The zero-order chi connectivity index (χ0) is 24.5. The van der Waals surface area contributed by atoms with Crippen molar-refractivity contribution in [3.05, 3.63) is 88.2 Å². The summed E-state index contributed by atoms with van der Waals surface area (Å²) < 4.78 is 25.9. The molecule has 0 radical (unpaired) electrons. The molecule has 0 saturated carbocycles. The van der Waals surface area contributed by atoms with Gasteiger partial charge < -0.3 is 10.6 Å². The van der Waals surface area contributed by atoms with E-state index < -0.39 is 27.5 Å². The first kappa shape index (κ1) is 24.1. The van der Waals surface area contributed by atoms with Crippen LogP contribution < -0.4 is 10.6 Å². The number of rotatable bonds is 6. The van der Waals surface area contributed by atoms with Gasteiger partial charge in [-0.2, -0.15) is 0 Å². The Balaban J connectivity index is 1.68. The van der Waals surface area contributed by atoms with Crippen LogP contribution >= 0.6 is 11.6 Å². The largest absolute Gasteiger partial charge is 0.319 e. The second kappa shape index (κ2) is 9.66. The van der Waals surface area contributed by atoms with Gasteiger partial charge in [-0.1, -0.05) is 29.8 Å². The number of aryl methyl sites for hydroxylation is 2. The van der Waals surface area contributed by atoms with E-state index in [9.17, 15) is 18.0 Å². The van der Waals surface area contributed by atoms with Crippen LogP contribution in [0, 0.1) is 6.92 Å². The number of anilines is 1. The molecule has 0 saturated heterocycles. The van der Waals surface area contributed by atoms with E-state index in [1.54, 1.807) is 30.5 Å². The first-order valence-electron chi connectivity index (χ1n) is 10.8. The van der Waals surface area contributed by atoms with E-state index in [-0.39, 0.29) is 29.3 Å². The van der Waals surface area contributed by atoms with Gasteiger partial charge >= 0.3 is 0 Å². The van der Waals surface area contributed by atoms with Crippen molar-refractivity contribution in [1.82, 2.24) is 4.98 Å². The van der Waals surface area contributed by atoms with Crippen LogP contribution in [0.3, 0.4) is 0 Å². The van der Waals surface area contributed by atoms with Crippen LogP contribution in [-0.2, 0) is 27.6 Å². The van der Waals surface area contributed by atoms with E-state index in [1.165, 1.54) is 23.1 Å². The van der Waals surface area contributed by atoms with Crippen LogP contribution in [0.1, 0.15) is 33.6 Å². The summed E-state index contributed by atoms with van der Waals surface area (Å²) in [4.78, 5) is 31.6. The summed E-state index contributed by atoms with van der Waals surface area (Å²) >= 11 is 5.97. The third-order valence-electron chi connectivity index (χ3n) is 5.76. The topological polar surface area (TPSA) is 110 Å². The van der Waals surface area contributed by atoms with Crippen molar-refractivity contribution in [3.63, 3.8) is 0 Å². The number of nitrogens with zero attached hydrogens (tertiary/aromatic N) is 2. The maximum atomic E-state index is 13.1. The molecule has 1 amide bonds. The first-order chi connectivity index (χ1) is 16.1. The molecular formula is C25H24ClN3O4S. The summed E-state index contributed by atoms with van der Waals surface area (Å²) in [7, 11) is -3.82. The van der Waals surface area contributed by atoms with Crippen LogP contribution in [0.15, 0.2) is 65.7 Å². The van der Waals surface area contributed by atoms with Crippen molar-refractivity contribution >= 4 is 38.8 Å². The third-order valence-corrected chi connectivity index (χ3v) is 7.82. The van der Waals surface area contributed by atoms with Crippen LogP contribution in [-0.4, -0.2) is 36.9 Å². The van der Waals surface area contributed by atoms with E-state index in [2.05, 4.69) is 4.98 Å². The normalized spacial score (nSPS) is 17.2. The molecule has 1 atom stereocenters. The van der Waals surface area contributed by atoms with Gasteiger partial charge in [0.2, 0.25) is 5.91 Å². The lowest BCUT2D eigenvalue weighted by Crippen LogP contribution is -2.45. The number of carbonyl (C=O) groups excluding carboxylic acids is 2. The van der Waals surface area contributed by atoms with Crippen molar-refractivity contribution in [2.75, 3.05) is 10.7 Å². The van der Waals surface area contributed by atoms with Crippen molar-refractivity contribution in [1.29, 1.82) is 0 Å². The Labute approximate surface area is 203 Å². The highest BCUT2D eigenvalue weighted by Crippen LogP contribution is 2.33. The van der Waals surface area contributed by atoms with Gasteiger partial charge in [0.05, 0.1) is 28.9 Å². The Morgan fingerprint density at radius 2 is 1.82 bits per heavy atom. The molecule has 34 heavy (non-hydrogen) atoms. The standard InChI is InChI=1S/C25H24ClN3O4S/c1-16-2-3-17(13-28-16)6-10-23(30)19-7-11-24-22(12-19)29(14-18-4-8-20(26)9-5-18)25(31)21(27)15-34(24,32)33/h2-5,7-9,11-13,21H,6,10,14-15,27H2,1H3/t21-/m0/s1. The molecule has 1 aliphatic rings. The fourth-order valence-electron chi connectivity index (χ4n) is 3.87. The molecule has 9 heteroatoms. The molecule has 0 bridgehead atoms.